The standard InChI is InChI=1S/C23H25N3O7S2/c1-32-20-11-10-19(13-21(20)33-2)34(28,29)26(16-17-7-6-12-25-15-17)35(30,31)22(14-24)23(27)18-8-4-3-5-9-18/h3-13,15,22H,14,16,24H2,1-2H3. The number of pyridine rings is 1. The maximum absolute atomic E-state index is 13.7. The zero-order valence-electron chi connectivity index (χ0n) is 19.1. The number of carbonyl (C=O) groups is 1. The fourth-order valence-corrected chi connectivity index (χ4v) is 7.32. The molecule has 1 heterocycles. The van der Waals surface area contributed by atoms with Gasteiger partial charge in [0.05, 0.1) is 25.7 Å². The number of ether oxygens (including phenoxy) is 2. The molecule has 0 saturated heterocycles. The third-order valence-electron chi connectivity index (χ3n) is 5.16. The summed E-state index contributed by atoms with van der Waals surface area (Å²) >= 11 is 0. The van der Waals surface area contributed by atoms with Crippen molar-refractivity contribution >= 4 is 25.8 Å². The lowest BCUT2D eigenvalue weighted by Crippen LogP contribution is -2.48. The highest BCUT2D eigenvalue weighted by Gasteiger charge is 2.44. The molecule has 0 bridgehead atoms. The Morgan fingerprint density at radius 2 is 1.66 bits per heavy atom. The van der Waals surface area contributed by atoms with E-state index in [2.05, 4.69) is 4.98 Å². The normalized spacial score (nSPS) is 12.8. The van der Waals surface area contributed by atoms with E-state index in [4.69, 9.17) is 15.2 Å². The molecule has 0 aliphatic rings. The molecule has 186 valence electrons. The summed E-state index contributed by atoms with van der Waals surface area (Å²) in [6.07, 6.45) is 2.80. The minimum atomic E-state index is -4.83. The first-order chi connectivity index (χ1) is 16.7. The average Bonchev–Trinajstić information content (AvgIpc) is 2.87. The molecular formula is C23H25N3O7S2. The summed E-state index contributed by atoms with van der Waals surface area (Å²) in [7, 11) is -6.84. The van der Waals surface area contributed by atoms with Crippen LogP contribution in [0.3, 0.4) is 0 Å². The SMILES string of the molecule is COc1ccc(S(=O)(=O)N(Cc2cccnc2)S(=O)(=O)C(CN)C(=O)c2ccccc2)cc1OC. The van der Waals surface area contributed by atoms with Gasteiger partial charge in [-0.05, 0) is 23.8 Å². The summed E-state index contributed by atoms with van der Waals surface area (Å²) in [6.45, 7) is -1.22. The third kappa shape index (κ3) is 5.51. The van der Waals surface area contributed by atoms with Crippen LogP contribution in [0.4, 0.5) is 0 Å². The van der Waals surface area contributed by atoms with Gasteiger partial charge in [0.15, 0.2) is 22.5 Å². The fourth-order valence-electron chi connectivity index (χ4n) is 3.34. The summed E-state index contributed by atoms with van der Waals surface area (Å²) < 4.78 is 65.5. The van der Waals surface area contributed by atoms with Gasteiger partial charge in [-0.25, -0.2) is 16.8 Å². The van der Waals surface area contributed by atoms with Gasteiger partial charge in [-0.2, -0.15) is 0 Å². The third-order valence-corrected chi connectivity index (χ3v) is 9.71. The molecule has 10 nitrogen and oxygen atoms in total. The molecule has 0 spiro atoms. The lowest BCUT2D eigenvalue weighted by atomic mass is 10.1. The number of nitrogens with zero attached hydrogens (tertiary/aromatic N) is 2. The van der Waals surface area contributed by atoms with Crippen molar-refractivity contribution in [1.29, 1.82) is 0 Å². The van der Waals surface area contributed by atoms with Crippen LogP contribution < -0.4 is 15.2 Å². The Hall–Kier alpha value is -3.32. The van der Waals surface area contributed by atoms with Gasteiger partial charge in [0.2, 0.25) is 10.0 Å². The molecule has 3 aromatic rings. The zero-order valence-corrected chi connectivity index (χ0v) is 20.7. The van der Waals surface area contributed by atoms with Gasteiger partial charge in [-0.3, -0.25) is 9.78 Å². The maximum atomic E-state index is 13.7. The van der Waals surface area contributed by atoms with Crippen LogP contribution in [0.25, 0.3) is 0 Å². The van der Waals surface area contributed by atoms with E-state index in [0.29, 0.717) is 5.56 Å². The predicted octanol–water partition coefficient (Wildman–Crippen LogP) is 1.83. The number of rotatable bonds is 11. The lowest BCUT2D eigenvalue weighted by molar-refractivity contribution is 0.0987. The summed E-state index contributed by atoms with van der Waals surface area (Å²) in [6, 6.07) is 14.4. The summed E-state index contributed by atoms with van der Waals surface area (Å²) in [5.41, 5.74) is 6.11. The number of Topliss-reactive ketones (excluding diaryl/α,β-unsaturated/α-hetero) is 1. The molecule has 0 saturated carbocycles. The van der Waals surface area contributed by atoms with E-state index < -0.39 is 44.2 Å². The van der Waals surface area contributed by atoms with E-state index in [1.54, 1.807) is 24.3 Å². The molecule has 3 rings (SSSR count). The molecule has 2 N–H and O–H groups in total. The van der Waals surface area contributed by atoms with Gasteiger partial charge >= 0.3 is 0 Å². The smallest absolute Gasteiger partial charge is 0.256 e. The van der Waals surface area contributed by atoms with Crippen molar-refractivity contribution in [3.8, 4) is 11.5 Å². The first-order valence-electron chi connectivity index (χ1n) is 10.3. The molecule has 12 heteroatoms. The number of aromatic nitrogens is 1. The minimum absolute atomic E-state index is 0.0861. The van der Waals surface area contributed by atoms with Crippen molar-refractivity contribution in [2.24, 2.45) is 5.73 Å². The fraction of sp³-hybridized carbons (Fsp3) is 0.217. The second-order valence-corrected chi connectivity index (χ2v) is 11.4. The van der Waals surface area contributed by atoms with Crippen molar-refractivity contribution < 1.29 is 31.1 Å². The van der Waals surface area contributed by atoms with Crippen LogP contribution in [0.1, 0.15) is 15.9 Å². The molecule has 1 atom stereocenters. The Morgan fingerprint density at radius 1 is 0.971 bits per heavy atom. The van der Waals surface area contributed by atoms with Crippen LogP contribution in [-0.2, 0) is 26.6 Å². The van der Waals surface area contributed by atoms with E-state index >= 15 is 0 Å². The minimum Gasteiger partial charge on any atom is -0.493 e. The number of methoxy groups -OCH3 is 2. The van der Waals surface area contributed by atoms with E-state index in [1.807, 2.05) is 0 Å². The van der Waals surface area contributed by atoms with Crippen molar-refractivity contribution in [2.75, 3.05) is 20.8 Å². The van der Waals surface area contributed by atoms with Crippen molar-refractivity contribution in [3.05, 3.63) is 84.2 Å². The quantitative estimate of drug-likeness (QED) is 0.375. The highest BCUT2D eigenvalue weighted by Crippen LogP contribution is 2.32. The van der Waals surface area contributed by atoms with E-state index in [0.717, 1.165) is 6.07 Å². The molecule has 2 aromatic carbocycles. The van der Waals surface area contributed by atoms with E-state index in [9.17, 15) is 21.6 Å². The van der Waals surface area contributed by atoms with E-state index in [1.165, 1.54) is 56.9 Å². The summed E-state index contributed by atoms with van der Waals surface area (Å²) in [5.74, 6) is -0.470. The maximum Gasteiger partial charge on any atom is 0.256 e. The van der Waals surface area contributed by atoms with Crippen LogP contribution in [0, 0.1) is 0 Å². The number of sulfonamides is 2. The number of carbonyl (C=O) groups excluding carboxylic acids is 1. The molecule has 0 aliphatic carbocycles. The topological polar surface area (TPSA) is 146 Å². The van der Waals surface area contributed by atoms with Crippen molar-refractivity contribution in [1.82, 2.24) is 8.69 Å². The number of ketones is 1. The highest BCUT2D eigenvalue weighted by atomic mass is 32.3. The van der Waals surface area contributed by atoms with E-state index in [-0.39, 0.29) is 25.7 Å². The van der Waals surface area contributed by atoms with Gasteiger partial charge < -0.3 is 15.2 Å². The molecular weight excluding hydrogens is 494 g/mol. The van der Waals surface area contributed by atoms with Crippen LogP contribution in [0.5, 0.6) is 11.5 Å². The van der Waals surface area contributed by atoms with Gasteiger partial charge in [0, 0.05) is 30.6 Å². The lowest BCUT2D eigenvalue weighted by Gasteiger charge is -2.26. The Labute approximate surface area is 204 Å². The van der Waals surface area contributed by atoms with Crippen LogP contribution in [0.15, 0.2) is 78.0 Å². The number of hydrogen-bond donors (Lipinski definition) is 1. The molecule has 0 radical (unpaired) electrons. The largest absolute Gasteiger partial charge is 0.493 e. The Morgan fingerprint density at radius 3 is 2.23 bits per heavy atom. The van der Waals surface area contributed by atoms with Gasteiger partial charge in [-0.15, -0.1) is 0 Å². The van der Waals surface area contributed by atoms with Gasteiger partial charge in [-0.1, -0.05) is 40.1 Å². The Kier molecular flexibility index (Phi) is 8.22. The van der Waals surface area contributed by atoms with Crippen LogP contribution >= 0.6 is 0 Å². The number of benzene rings is 2. The average molecular weight is 520 g/mol. The Bertz CT molecular complexity index is 1380. The first kappa shape index (κ1) is 26.3. The Balaban J connectivity index is 2.16. The zero-order chi connectivity index (χ0) is 25.6. The monoisotopic (exact) mass is 519 g/mol. The first-order valence-corrected chi connectivity index (χ1v) is 13.3. The number of nitrogens with two attached hydrogens (primary N) is 1. The predicted molar refractivity (Wildman–Crippen MR) is 129 cm³/mol. The summed E-state index contributed by atoms with van der Waals surface area (Å²) in [5, 5.41) is -1.84. The van der Waals surface area contributed by atoms with Crippen LogP contribution in [0.2, 0.25) is 0 Å². The molecule has 0 fully saturated rings. The molecule has 0 amide bonds. The van der Waals surface area contributed by atoms with Gasteiger partial charge in [0.25, 0.3) is 10.0 Å². The summed E-state index contributed by atoms with van der Waals surface area (Å²) in [4.78, 5) is 16.7. The van der Waals surface area contributed by atoms with Crippen molar-refractivity contribution in [2.45, 2.75) is 16.7 Å². The molecule has 1 unspecified atom stereocenters. The second kappa shape index (κ2) is 11.0. The molecule has 35 heavy (non-hydrogen) atoms. The molecule has 0 aliphatic heterocycles. The van der Waals surface area contributed by atoms with Crippen LogP contribution in [-0.4, -0.2) is 57.3 Å². The number of hydrogen-bond acceptors (Lipinski definition) is 9. The highest BCUT2D eigenvalue weighted by molar-refractivity contribution is 8.04. The molecule has 1 aromatic heterocycles. The van der Waals surface area contributed by atoms with Gasteiger partial charge in [0.1, 0.15) is 0 Å². The second-order valence-electron chi connectivity index (χ2n) is 7.31. The van der Waals surface area contributed by atoms with Crippen molar-refractivity contribution in [3.63, 3.8) is 0 Å².